The Morgan fingerprint density at radius 3 is 1.29 bits per heavy atom. The van der Waals surface area contributed by atoms with Crippen LogP contribution in [-0.2, 0) is 28.8 Å². The molecule has 0 radical (unpaired) electrons. The zero-order valence-corrected chi connectivity index (χ0v) is 12.7. The molecule has 0 aromatic rings. The summed E-state index contributed by atoms with van der Waals surface area (Å²) in [6.45, 7) is 0. The molecule has 0 spiro atoms. The van der Waals surface area contributed by atoms with Crippen LogP contribution in [0.5, 0.6) is 0 Å². The summed E-state index contributed by atoms with van der Waals surface area (Å²) in [6.07, 6.45) is 2.37. The van der Waals surface area contributed by atoms with Gasteiger partial charge in [0.15, 0.2) is 0 Å². The second-order valence-corrected chi connectivity index (χ2v) is 7.06. The van der Waals surface area contributed by atoms with Crippen molar-refractivity contribution < 1.29 is 51.7 Å². The second-order valence-electron chi connectivity index (χ2n) is 3.98. The summed E-state index contributed by atoms with van der Waals surface area (Å²) in [5.74, 6) is 0. The van der Waals surface area contributed by atoms with Gasteiger partial charge in [-0.15, -0.1) is 8.57 Å². The van der Waals surface area contributed by atoms with Crippen molar-refractivity contribution in [3.8, 4) is 0 Å². The zero-order chi connectivity index (χ0) is 18.8. The Balaban J connectivity index is 2.79. The van der Waals surface area contributed by atoms with Crippen molar-refractivity contribution in [1.29, 1.82) is 0 Å². The van der Waals surface area contributed by atoms with Crippen molar-refractivity contribution in [3.63, 3.8) is 0 Å². The lowest BCUT2D eigenvalue weighted by Crippen LogP contribution is -2.35. The number of nitrogens with one attached hydrogen (secondary N) is 2. The van der Waals surface area contributed by atoms with Gasteiger partial charge < -0.3 is 0 Å². The van der Waals surface area contributed by atoms with E-state index >= 15 is 0 Å². The fourth-order valence-electron chi connectivity index (χ4n) is 1.16. The molecule has 0 fully saturated rings. The average Bonchev–Trinajstić information content (AvgIpc) is 2.41. The maximum Gasteiger partial charge on any atom is 0.525 e. The Bertz CT molecular complexity index is 672. The number of hydroxylamine groups is 2. The van der Waals surface area contributed by atoms with Crippen LogP contribution in [-0.4, -0.2) is 27.9 Å². The predicted octanol–water partition coefficient (Wildman–Crippen LogP) is 1.29. The molecule has 1 rings (SSSR count). The van der Waals surface area contributed by atoms with Gasteiger partial charge in [0.1, 0.15) is 0 Å². The monoisotopic (exact) mass is 406 g/mol. The third kappa shape index (κ3) is 4.99. The molecule has 2 N–H and O–H groups in total. The van der Waals surface area contributed by atoms with Gasteiger partial charge in [0.25, 0.3) is 0 Å². The van der Waals surface area contributed by atoms with Crippen LogP contribution in [0, 0.1) is 0 Å². The molecule has 0 aromatic heterocycles. The van der Waals surface area contributed by atoms with E-state index in [2.05, 4.69) is 8.57 Å². The van der Waals surface area contributed by atoms with E-state index in [1.165, 1.54) is 11.0 Å². The normalized spacial score (nSPS) is 17.1. The highest BCUT2D eigenvalue weighted by Gasteiger charge is 2.49. The third-order valence-electron chi connectivity index (χ3n) is 2.24. The first-order valence-corrected chi connectivity index (χ1v) is 8.41. The topological polar surface area (TPSA) is 111 Å². The molecule has 1 aliphatic carbocycles. The van der Waals surface area contributed by atoms with E-state index in [1.807, 2.05) is 0 Å². The average molecular weight is 406 g/mol. The Hall–Kier alpha value is -1.52. The summed E-state index contributed by atoms with van der Waals surface area (Å²) in [7, 11) is -12.1. The van der Waals surface area contributed by atoms with Crippen LogP contribution in [0.25, 0.3) is 0 Å². The maximum atomic E-state index is 12.1. The molecule has 0 aromatic carbocycles. The third-order valence-corrected chi connectivity index (χ3v) is 3.98. The first-order valence-electron chi connectivity index (χ1n) is 5.59. The predicted molar refractivity (Wildman–Crippen MR) is 63.8 cm³/mol. The molecular weight excluding hydrogens is 398 g/mol. The SMILES string of the molecule is O=S(=O)(ONC1=CCCC=C1NOS(=O)(=O)C(F)(F)F)C(F)(F)F. The molecule has 0 saturated carbocycles. The van der Waals surface area contributed by atoms with Crippen molar-refractivity contribution >= 4 is 20.2 Å². The Kier molecular flexibility index (Phi) is 5.79. The van der Waals surface area contributed by atoms with E-state index in [4.69, 9.17) is 0 Å². The molecule has 0 unspecified atom stereocenters. The van der Waals surface area contributed by atoms with Crippen LogP contribution in [0.3, 0.4) is 0 Å². The van der Waals surface area contributed by atoms with Gasteiger partial charge in [-0.25, -0.2) is 11.0 Å². The molecule has 140 valence electrons. The number of hydrogen-bond acceptors (Lipinski definition) is 8. The van der Waals surface area contributed by atoms with Gasteiger partial charge >= 0.3 is 31.3 Å². The molecule has 24 heavy (non-hydrogen) atoms. The minimum Gasteiger partial charge on any atom is -0.247 e. The lowest BCUT2D eigenvalue weighted by atomic mass is 10.1. The summed E-state index contributed by atoms with van der Waals surface area (Å²) >= 11 is 0. The number of hydrogen-bond donors (Lipinski definition) is 2. The highest BCUT2D eigenvalue weighted by Crippen LogP contribution is 2.26. The Labute approximate surface area is 131 Å². The molecule has 16 heteroatoms. The molecule has 0 bridgehead atoms. The summed E-state index contributed by atoms with van der Waals surface area (Å²) in [4.78, 5) is 0. The largest absolute Gasteiger partial charge is 0.525 e. The van der Waals surface area contributed by atoms with Crippen LogP contribution in [0.1, 0.15) is 12.8 Å². The van der Waals surface area contributed by atoms with E-state index in [-0.39, 0.29) is 12.8 Å². The van der Waals surface area contributed by atoms with Crippen molar-refractivity contribution in [2.75, 3.05) is 0 Å². The number of alkyl halides is 6. The molecule has 0 heterocycles. The maximum absolute atomic E-state index is 12.1. The fourth-order valence-corrected chi connectivity index (χ4v) is 1.75. The van der Waals surface area contributed by atoms with Crippen molar-refractivity contribution in [2.24, 2.45) is 0 Å². The van der Waals surface area contributed by atoms with Crippen molar-refractivity contribution in [1.82, 2.24) is 11.0 Å². The fraction of sp³-hybridized carbons (Fsp3) is 0.500. The first kappa shape index (κ1) is 20.5. The van der Waals surface area contributed by atoms with Gasteiger partial charge in [-0.05, 0) is 12.8 Å². The smallest absolute Gasteiger partial charge is 0.247 e. The van der Waals surface area contributed by atoms with Gasteiger partial charge in [-0.3, -0.25) is 0 Å². The lowest BCUT2D eigenvalue weighted by molar-refractivity contribution is -0.0585. The van der Waals surface area contributed by atoms with E-state index < -0.39 is 42.6 Å². The summed E-state index contributed by atoms with van der Waals surface area (Å²) in [5.41, 5.74) is -9.93. The lowest BCUT2D eigenvalue weighted by Gasteiger charge is -2.19. The van der Waals surface area contributed by atoms with E-state index in [0.29, 0.717) is 0 Å². The van der Waals surface area contributed by atoms with E-state index in [0.717, 1.165) is 12.2 Å². The second kappa shape index (κ2) is 6.77. The number of rotatable bonds is 6. The van der Waals surface area contributed by atoms with Gasteiger partial charge in [0, 0.05) is 0 Å². The minimum atomic E-state index is -6.03. The summed E-state index contributed by atoms with van der Waals surface area (Å²) in [5, 5.41) is 0. The zero-order valence-electron chi connectivity index (χ0n) is 11.1. The van der Waals surface area contributed by atoms with Crippen LogP contribution >= 0.6 is 0 Å². The van der Waals surface area contributed by atoms with Crippen LogP contribution < -0.4 is 11.0 Å². The quantitative estimate of drug-likeness (QED) is 0.386. The van der Waals surface area contributed by atoms with Gasteiger partial charge in [-0.2, -0.15) is 43.2 Å². The van der Waals surface area contributed by atoms with E-state index in [1.54, 1.807) is 0 Å². The summed E-state index contributed by atoms with van der Waals surface area (Å²) in [6, 6.07) is 0. The highest BCUT2D eigenvalue weighted by molar-refractivity contribution is 7.87. The van der Waals surface area contributed by atoms with Gasteiger partial charge in [-0.1, -0.05) is 12.2 Å². The van der Waals surface area contributed by atoms with Crippen LogP contribution in [0.15, 0.2) is 23.5 Å². The highest BCUT2D eigenvalue weighted by atomic mass is 32.2. The first-order chi connectivity index (χ1) is 10.7. The summed E-state index contributed by atoms with van der Waals surface area (Å²) < 4.78 is 122. The standard InChI is InChI=1S/C8H8F6N2O6S2/c9-7(10,11)23(17,18)21-15-5-3-1-2-4-6(5)16-22-24(19,20)8(12,13)14/h3-4,15-16H,1-2H2. The Morgan fingerprint density at radius 1 is 0.750 bits per heavy atom. The van der Waals surface area contributed by atoms with Crippen LogP contribution in [0.2, 0.25) is 0 Å². The number of halogens is 6. The van der Waals surface area contributed by atoms with Crippen molar-refractivity contribution in [2.45, 2.75) is 23.9 Å². The molecule has 0 atom stereocenters. The molecule has 8 nitrogen and oxygen atoms in total. The molecular formula is C8H8F6N2O6S2. The molecule has 0 amide bonds. The molecule has 0 saturated heterocycles. The number of allylic oxidation sites excluding steroid dienone is 2. The molecule has 0 aliphatic heterocycles. The van der Waals surface area contributed by atoms with Crippen LogP contribution in [0.4, 0.5) is 26.3 Å². The van der Waals surface area contributed by atoms with Gasteiger partial charge in [0.2, 0.25) is 0 Å². The molecule has 1 aliphatic rings. The van der Waals surface area contributed by atoms with Gasteiger partial charge in [0.05, 0.1) is 11.4 Å². The van der Waals surface area contributed by atoms with E-state index in [9.17, 15) is 43.2 Å². The van der Waals surface area contributed by atoms with Crippen molar-refractivity contribution in [3.05, 3.63) is 23.5 Å². The Morgan fingerprint density at radius 2 is 1.04 bits per heavy atom. The minimum absolute atomic E-state index is 0.148.